The van der Waals surface area contributed by atoms with Gasteiger partial charge in [0.1, 0.15) is 0 Å². The predicted molar refractivity (Wildman–Crippen MR) is 74.6 cm³/mol. The maximum absolute atomic E-state index is 10.8. The molecule has 0 radical (unpaired) electrons. The van der Waals surface area contributed by atoms with Crippen molar-refractivity contribution >= 4 is 5.69 Å². The summed E-state index contributed by atoms with van der Waals surface area (Å²) in [6.07, 6.45) is 0. The van der Waals surface area contributed by atoms with Gasteiger partial charge >= 0.3 is 5.69 Å². The topological polar surface area (TPSA) is 61.6 Å². The van der Waals surface area contributed by atoms with E-state index in [1.165, 1.54) is 13.2 Å². The Bertz CT molecular complexity index is 584. The fraction of sp³-hybridized carbons (Fsp3) is 0.200. The van der Waals surface area contributed by atoms with Crippen molar-refractivity contribution in [2.75, 3.05) is 7.11 Å². The highest BCUT2D eigenvalue weighted by Gasteiger charge is 2.14. The van der Waals surface area contributed by atoms with Crippen molar-refractivity contribution in [1.82, 2.24) is 0 Å². The monoisotopic (exact) mass is 273 g/mol. The molecule has 0 saturated heterocycles. The smallest absolute Gasteiger partial charge is 0.310 e. The van der Waals surface area contributed by atoms with E-state index in [9.17, 15) is 10.1 Å². The molecule has 2 aromatic carbocycles. The zero-order chi connectivity index (χ0) is 14.4. The van der Waals surface area contributed by atoms with Gasteiger partial charge in [-0.1, -0.05) is 30.3 Å². The van der Waals surface area contributed by atoms with Crippen LogP contribution in [0.1, 0.15) is 11.1 Å². The van der Waals surface area contributed by atoms with E-state index in [2.05, 4.69) is 0 Å². The van der Waals surface area contributed by atoms with E-state index in [1.807, 2.05) is 30.3 Å². The molecule has 104 valence electrons. The van der Waals surface area contributed by atoms with Crippen LogP contribution in [0.2, 0.25) is 0 Å². The van der Waals surface area contributed by atoms with Crippen LogP contribution >= 0.6 is 0 Å². The van der Waals surface area contributed by atoms with Crippen LogP contribution in [0, 0.1) is 10.1 Å². The number of nitrogens with zero attached hydrogens (tertiary/aromatic N) is 1. The normalized spacial score (nSPS) is 10.2. The minimum Gasteiger partial charge on any atom is -0.490 e. The third-order valence-corrected chi connectivity index (χ3v) is 2.82. The molecule has 0 spiro atoms. The van der Waals surface area contributed by atoms with Gasteiger partial charge in [-0.25, -0.2) is 0 Å². The second-order valence-corrected chi connectivity index (χ2v) is 4.24. The molecule has 2 aromatic rings. The molecular weight excluding hydrogens is 258 g/mol. The first-order valence-electron chi connectivity index (χ1n) is 6.13. The largest absolute Gasteiger partial charge is 0.490 e. The molecule has 0 amide bonds. The van der Waals surface area contributed by atoms with E-state index < -0.39 is 4.92 Å². The Labute approximate surface area is 116 Å². The van der Waals surface area contributed by atoms with Gasteiger partial charge in [0, 0.05) is 6.07 Å². The standard InChI is InChI=1S/C15H15NO4/c1-19-15-9-13(7-8-14(15)16(17)18)11-20-10-12-5-3-2-4-6-12/h2-9H,10-11H2,1H3. The van der Waals surface area contributed by atoms with Gasteiger partial charge in [0.05, 0.1) is 25.2 Å². The minimum absolute atomic E-state index is 0.0423. The summed E-state index contributed by atoms with van der Waals surface area (Å²) >= 11 is 0. The first kappa shape index (κ1) is 14.0. The Balaban J connectivity index is 1.98. The summed E-state index contributed by atoms with van der Waals surface area (Å²) in [4.78, 5) is 10.3. The summed E-state index contributed by atoms with van der Waals surface area (Å²) in [5.74, 6) is 0.246. The molecule has 20 heavy (non-hydrogen) atoms. The lowest BCUT2D eigenvalue weighted by atomic mass is 10.2. The fourth-order valence-electron chi connectivity index (χ4n) is 1.82. The number of benzene rings is 2. The van der Waals surface area contributed by atoms with Gasteiger partial charge in [-0.2, -0.15) is 0 Å². The first-order valence-corrected chi connectivity index (χ1v) is 6.13. The van der Waals surface area contributed by atoms with E-state index in [0.717, 1.165) is 11.1 Å². The Morgan fingerprint density at radius 1 is 1.05 bits per heavy atom. The van der Waals surface area contributed by atoms with Crippen LogP contribution in [0.5, 0.6) is 5.75 Å². The Hall–Kier alpha value is -2.40. The summed E-state index contributed by atoms with van der Waals surface area (Å²) < 4.78 is 10.6. The van der Waals surface area contributed by atoms with Crippen LogP contribution in [-0.2, 0) is 18.0 Å². The van der Waals surface area contributed by atoms with Gasteiger partial charge < -0.3 is 9.47 Å². The maximum atomic E-state index is 10.8. The van der Waals surface area contributed by atoms with Crippen molar-refractivity contribution in [2.45, 2.75) is 13.2 Å². The molecule has 0 aromatic heterocycles. The highest BCUT2D eigenvalue weighted by Crippen LogP contribution is 2.27. The van der Waals surface area contributed by atoms with Gasteiger partial charge in [-0.05, 0) is 23.3 Å². The van der Waals surface area contributed by atoms with E-state index in [1.54, 1.807) is 12.1 Å². The van der Waals surface area contributed by atoms with Gasteiger partial charge in [-0.3, -0.25) is 10.1 Å². The quantitative estimate of drug-likeness (QED) is 0.598. The molecule has 5 heteroatoms. The first-order chi connectivity index (χ1) is 9.70. The number of rotatable bonds is 6. The zero-order valence-corrected chi connectivity index (χ0v) is 11.1. The van der Waals surface area contributed by atoms with Crippen molar-refractivity contribution < 1.29 is 14.4 Å². The number of methoxy groups -OCH3 is 1. The van der Waals surface area contributed by atoms with Crippen LogP contribution in [0.25, 0.3) is 0 Å². The molecule has 0 aliphatic heterocycles. The van der Waals surface area contributed by atoms with Gasteiger partial charge in [0.15, 0.2) is 5.75 Å². The Kier molecular flexibility index (Phi) is 4.68. The lowest BCUT2D eigenvalue weighted by Crippen LogP contribution is -1.97. The molecule has 0 heterocycles. The Morgan fingerprint density at radius 2 is 1.75 bits per heavy atom. The van der Waals surface area contributed by atoms with E-state index in [-0.39, 0.29) is 11.4 Å². The van der Waals surface area contributed by atoms with Crippen LogP contribution in [0.4, 0.5) is 5.69 Å². The minimum atomic E-state index is -0.465. The number of ether oxygens (including phenoxy) is 2. The molecule has 0 fully saturated rings. The summed E-state index contributed by atoms with van der Waals surface area (Å²) in [6.45, 7) is 0.878. The van der Waals surface area contributed by atoms with Crippen molar-refractivity contribution in [2.24, 2.45) is 0 Å². The lowest BCUT2D eigenvalue weighted by molar-refractivity contribution is -0.385. The molecular formula is C15H15NO4. The van der Waals surface area contributed by atoms with E-state index in [4.69, 9.17) is 9.47 Å². The average Bonchev–Trinajstić information content (AvgIpc) is 2.48. The SMILES string of the molecule is COc1cc(COCc2ccccc2)ccc1[N+](=O)[O-]. The fourth-order valence-corrected chi connectivity index (χ4v) is 1.82. The van der Waals surface area contributed by atoms with E-state index >= 15 is 0 Å². The van der Waals surface area contributed by atoms with Gasteiger partial charge in [-0.15, -0.1) is 0 Å². The van der Waals surface area contributed by atoms with Crippen LogP contribution in [0.3, 0.4) is 0 Å². The number of nitro benzene ring substituents is 1. The Morgan fingerprint density at radius 3 is 2.40 bits per heavy atom. The predicted octanol–water partition coefficient (Wildman–Crippen LogP) is 3.32. The molecule has 0 N–H and O–H groups in total. The van der Waals surface area contributed by atoms with Crippen molar-refractivity contribution in [1.29, 1.82) is 0 Å². The van der Waals surface area contributed by atoms with Crippen molar-refractivity contribution in [3.63, 3.8) is 0 Å². The third-order valence-electron chi connectivity index (χ3n) is 2.82. The van der Waals surface area contributed by atoms with Gasteiger partial charge in [0.25, 0.3) is 0 Å². The third kappa shape index (κ3) is 3.55. The van der Waals surface area contributed by atoms with Crippen LogP contribution in [-0.4, -0.2) is 12.0 Å². The number of nitro groups is 1. The highest BCUT2D eigenvalue weighted by molar-refractivity contribution is 5.48. The molecule has 5 nitrogen and oxygen atoms in total. The van der Waals surface area contributed by atoms with Gasteiger partial charge in [0.2, 0.25) is 0 Å². The summed E-state index contributed by atoms with van der Waals surface area (Å²) in [5.41, 5.74) is 1.88. The van der Waals surface area contributed by atoms with E-state index in [0.29, 0.717) is 13.2 Å². The molecule has 0 unspecified atom stereocenters. The summed E-state index contributed by atoms with van der Waals surface area (Å²) in [7, 11) is 1.41. The average molecular weight is 273 g/mol. The molecule has 0 aliphatic carbocycles. The van der Waals surface area contributed by atoms with Crippen molar-refractivity contribution in [3.8, 4) is 5.75 Å². The van der Waals surface area contributed by atoms with Crippen LogP contribution < -0.4 is 4.74 Å². The van der Waals surface area contributed by atoms with Crippen molar-refractivity contribution in [3.05, 3.63) is 69.8 Å². The molecule has 0 atom stereocenters. The summed E-state index contributed by atoms with van der Waals surface area (Å²) in [6, 6.07) is 14.5. The lowest BCUT2D eigenvalue weighted by Gasteiger charge is -2.07. The second kappa shape index (κ2) is 6.68. The molecule has 0 saturated carbocycles. The highest BCUT2D eigenvalue weighted by atomic mass is 16.6. The molecule has 2 rings (SSSR count). The number of hydrogen-bond donors (Lipinski definition) is 0. The maximum Gasteiger partial charge on any atom is 0.310 e. The second-order valence-electron chi connectivity index (χ2n) is 4.24. The molecule has 0 bridgehead atoms. The van der Waals surface area contributed by atoms with Crippen LogP contribution in [0.15, 0.2) is 48.5 Å². The number of hydrogen-bond acceptors (Lipinski definition) is 4. The summed E-state index contributed by atoms with van der Waals surface area (Å²) in [5, 5.41) is 10.8. The molecule has 0 aliphatic rings. The zero-order valence-electron chi connectivity index (χ0n) is 11.1.